The van der Waals surface area contributed by atoms with E-state index in [2.05, 4.69) is 18.6 Å². The van der Waals surface area contributed by atoms with Crippen molar-refractivity contribution >= 4 is 16.1 Å². The van der Waals surface area contributed by atoms with Crippen molar-refractivity contribution in [3.05, 3.63) is 29.8 Å². The molecule has 1 aliphatic rings. The summed E-state index contributed by atoms with van der Waals surface area (Å²) in [6, 6.07) is 6.75. The van der Waals surface area contributed by atoms with Crippen LogP contribution in [0.4, 0.5) is 4.79 Å². The molecule has 1 N–H and O–H groups in total. The first-order valence-corrected chi connectivity index (χ1v) is 10.6. The van der Waals surface area contributed by atoms with Gasteiger partial charge in [0, 0.05) is 12.1 Å². The lowest BCUT2D eigenvalue weighted by atomic mass is 10.0. The van der Waals surface area contributed by atoms with Gasteiger partial charge in [-0.05, 0) is 37.0 Å². The van der Waals surface area contributed by atoms with E-state index >= 15 is 0 Å². The molecule has 146 valence electrons. The maximum atomic E-state index is 12.1. The van der Waals surface area contributed by atoms with Crippen LogP contribution in [0.1, 0.15) is 38.7 Å². The van der Waals surface area contributed by atoms with E-state index < -0.39 is 28.2 Å². The number of benzene rings is 1. The van der Waals surface area contributed by atoms with Crippen molar-refractivity contribution in [1.82, 2.24) is 9.62 Å². The fourth-order valence-electron chi connectivity index (χ4n) is 3.31. The number of nitrogens with one attached hydrogen (secondary N) is 1. The SMILES string of the molecule is COC(=O)N1C(COc2ccc(C(C)C)cc2)C(NS(C)(=O)=O)C[C@H]1C. The topological polar surface area (TPSA) is 84.9 Å². The Morgan fingerprint density at radius 3 is 2.42 bits per heavy atom. The molecule has 26 heavy (non-hydrogen) atoms. The highest BCUT2D eigenvalue weighted by molar-refractivity contribution is 7.88. The summed E-state index contributed by atoms with van der Waals surface area (Å²) in [6.07, 6.45) is 1.13. The number of hydrogen-bond acceptors (Lipinski definition) is 5. The van der Waals surface area contributed by atoms with Crippen LogP contribution in [0, 0.1) is 0 Å². The van der Waals surface area contributed by atoms with E-state index in [4.69, 9.17) is 9.47 Å². The van der Waals surface area contributed by atoms with Crippen LogP contribution in [0.2, 0.25) is 0 Å². The zero-order valence-corrected chi connectivity index (χ0v) is 16.7. The summed E-state index contributed by atoms with van der Waals surface area (Å²) in [5.41, 5.74) is 1.21. The Morgan fingerprint density at radius 2 is 1.92 bits per heavy atom. The van der Waals surface area contributed by atoms with E-state index in [-0.39, 0.29) is 12.6 Å². The van der Waals surface area contributed by atoms with E-state index in [0.717, 1.165) is 6.26 Å². The number of amides is 1. The van der Waals surface area contributed by atoms with Crippen LogP contribution in [0.15, 0.2) is 24.3 Å². The molecule has 1 aliphatic heterocycles. The van der Waals surface area contributed by atoms with Gasteiger partial charge >= 0.3 is 6.09 Å². The number of carbonyl (C=O) groups excluding carboxylic acids is 1. The Hall–Kier alpha value is -1.80. The van der Waals surface area contributed by atoms with Gasteiger partial charge in [0.15, 0.2) is 0 Å². The molecule has 0 bridgehead atoms. The van der Waals surface area contributed by atoms with E-state index in [1.54, 1.807) is 4.90 Å². The van der Waals surface area contributed by atoms with Crippen LogP contribution in [-0.2, 0) is 14.8 Å². The van der Waals surface area contributed by atoms with Crippen LogP contribution in [0.3, 0.4) is 0 Å². The van der Waals surface area contributed by atoms with Crippen LogP contribution in [0.25, 0.3) is 0 Å². The van der Waals surface area contributed by atoms with Gasteiger partial charge in [-0.3, -0.25) is 4.90 Å². The smallest absolute Gasteiger partial charge is 0.410 e. The minimum atomic E-state index is -3.40. The van der Waals surface area contributed by atoms with Gasteiger partial charge in [-0.2, -0.15) is 0 Å². The number of sulfonamides is 1. The van der Waals surface area contributed by atoms with Crippen molar-refractivity contribution < 1.29 is 22.7 Å². The van der Waals surface area contributed by atoms with Crippen LogP contribution in [0.5, 0.6) is 5.75 Å². The molecule has 0 aromatic heterocycles. The lowest BCUT2D eigenvalue weighted by Crippen LogP contribution is -2.50. The van der Waals surface area contributed by atoms with Gasteiger partial charge in [0.1, 0.15) is 12.4 Å². The summed E-state index contributed by atoms with van der Waals surface area (Å²) >= 11 is 0. The Morgan fingerprint density at radius 1 is 1.31 bits per heavy atom. The molecule has 1 aromatic carbocycles. The third-order valence-electron chi connectivity index (χ3n) is 4.61. The van der Waals surface area contributed by atoms with E-state index in [0.29, 0.717) is 18.1 Å². The van der Waals surface area contributed by atoms with Crippen molar-refractivity contribution in [1.29, 1.82) is 0 Å². The van der Waals surface area contributed by atoms with Crippen molar-refractivity contribution in [3.63, 3.8) is 0 Å². The predicted octanol–water partition coefficient (Wildman–Crippen LogP) is 2.34. The first kappa shape index (κ1) is 20.5. The molecule has 2 unspecified atom stereocenters. The monoisotopic (exact) mass is 384 g/mol. The lowest BCUT2D eigenvalue weighted by molar-refractivity contribution is 0.0888. The fraction of sp³-hybridized carbons (Fsp3) is 0.611. The first-order chi connectivity index (χ1) is 12.1. The molecule has 2 rings (SSSR count). The highest BCUT2D eigenvalue weighted by atomic mass is 32.2. The Balaban J connectivity index is 2.15. The Kier molecular flexibility index (Phi) is 6.52. The van der Waals surface area contributed by atoms with Gasteiger partial charge in [0.05, 0.1) is 19.4 Å². The minimum absolute atomic E-state index is 0.154. The second-order valence-corrected chi connectivity index (χ2v) is 8.84. The zero-order valence-electron chi connectivity index (χ0n) is 15.9. The maximum absolute atomic E-state index is 12.1. The highest BCUT2D eigenvalue weighted by Crippen LogP contribution is 2.27. The van der Waals surface area contributed by atoms with Crippen molar-refractivity contribution in [2.24, 2.45) is 0 Å². The zero-order chi connectivity index (χ0) is 19.5. The molecular formula is C18H28N2O5S. The molecule has 0 aliphatic carbocycles. The minimum Gasteiger partial charge on any atom is -0.491 e. The number of likely N-dealkylation sites (tertiary alicyclic amines) is 1. The molecular weight excluding hydrogens is 356 g/mol. The fourth-order valence-corrected chi connectivity index (χ4v) is 4.11. The molecule has 1 fully saturated rings. The quantitative estimate of drug-likeness (QED) is 0.814. The summed E-state index contributed by atoms with van der Waals surface area (Å²) in [4.78, 5) is 13.7. The average Bonchev–Trinajstić information content (AvgIpc) is 2.85. The Bertz CT molecular complexity index is 718. The number of rotatable bonds is 6. The third-order valence-corrected chi connectivity index (χ3v) is 5.34. The largest absolute Gasteiger partial charge is 0.491 e. The van der Waals surface area contributed by atoms with E-state index in [1.165, 1.54) is 12.7 Å². The van der Waals surface area contributed by atoms with Crippen molar-refractivity contribution in [3.8, 4) is 5.75 Å². The Labute approximate surface area is 155 Å². The highest BCUT2D eigenvalue weighted by Gasteiger charge is 2.44. The summed E-state index contributed by atoms with van der Waals surface area (Å²) < 4.78 is 36.7. The molecule has 1 saturated heterocycles. The normalized spacial score (nSPS) is 23.3. The molecule has 1 aromatic rings. The van der Waals surface area contributed by atoms with Crippen LogP contribution >= 0.6 is 0 Å². The second-order valence-electron chi connectivity index (χ2n) is 7.06. The average molecular weight is 384 g/mol. The van der Waals surface area contributed by atoms with E-state index in [1.807, 2.05) is 31.2 Å². The lowest BCUT2D eigenvalue weighted by Gasteiger charge is -2.29. The maximum Gasteiger partial charge on any atom is 0.410 e. The number of ether oxygens (including phenoxy) is 2. The number of nitrogens with zero attached hydrogens (tertiary/aromatic N) is 1. The molecule has 3 atom stereocenters. The molecule has 1 amide bonds. The van der Waals surface area contributed by atoms with Gasteiger partial charge < -0.3 is 9.47 Å². The van der Waals surface area contributed by atoms with Gasteiger partial charge in [-0.25, -0.2) is 17.9 Å². The van der Waals surface area contributed by atoms with Crippen molar-refractivity contribution in [2.75, 3.05) is 20.0 Å². The van der Waals surface area contributed by atoms with Gasteiger partial charge in [0.25, 0.3) is 0 Å². The van der Waals surface area contributed by atoms with Crippen molar-refractivity contribution in [2.45, 2.75) is 51.2 Å². The summed E-state index contributed by atoms with van der Waals surface area (Å²) in [6.45, 7) is 6.27. The van der Waals surface area contributed by atoms with Crippen LogP contribution < -0.4 is 9.46 Å². The number of methoxy groups -OCH3 is 1. The van der Waals surface area contributed by atoms with Gasteiger partial charge in [-0.15, -0.1) is 0 Å². The number of hydrogen-bond donors (Lipinski definition) is 1. The predicted molar refractivity (Wildman–Crippen MR) is 99.9 cm³/mol. The third kappa shape index (κ3) is 5.11. The molecule has 7 nitrogen and oxygen atoms in total. The van der Waals surface area contributed by atoms with Gasteiger partial charge in [0.2, 0.25) is 10.0 Å². The number of carbonyl (C=O) groups is 1. The summed E-state index contributed by atoms with van der Waals surface area (Å²) in [5.74, 6) is 1.11. The van der Waals surface area contributed by atoms with Gasteiger partial charge in [-0.1, -0.05) is 26.0 Å². The molecule has 0 saturated carbocycles. The summed E-state index contributed by atoms with van der Waals surface area (Å²) in [5, 5.41) is 0. The second kappa shape index (κ2) is 8.26. The molecule has 1 heterocycles. The molecule has 0 radical (unpaired) electrons. The molecule has 0 spiro atoms. The standard InChI is InChI=1S/C18H28N2O5S/c1-12(2)14-6-8-15(9-7-14)25-11-17-16(19-26(5,22)23)10-13(3)20(17)18(21)24-4/h6-9,12-13,16-17,19H,10-11H2,1-5H3/t13-,16?,17?/m1/s1. The summed E-state index contributed by atoms with van der Waals surface area (Å²) in [7, 11) is -2.09. The molecule has 8 heteroatoms. The van der Waals surface area contributed by atoms with Crippen LogP contribution in [-0.4, -0.2) is 57.5 Å². The first-order valence-electron chi connectivity index (χ1n) is 8.68. The van der Waals surface area contributed by atoms with E-state index in [9.17, 15) is 13.2 Å².